The van der Waals surface area contributed by atoms with Gasteiger partial charge in [0.15, 0.2) is 5.69 Å². The molecule has 0 unspecified atom stereocenters. The minimum atomic E-state index is -4.52. The van der Waals surface area contributed by atoms with Crippen molar-refractivity contribution in [3.05, 3.63) is 72.6 Å². The summed E-state index contributed by atoms with van der Waals surface area (Å²) in [4.78, 5) is 19.7. The zero-order chi connectivity index (χ0) is 20.6. The van der Waals surface area contributed by atoms with Crippen LogP contribution in [0.25, 0.3) is 5.65 Å². The van der Waals surface area contributed by atoms with Crippen LogP contribution in [0.5, 0.6) is 0 Å². The molecule has 0 bridgehead atoms. The van der Waals surface area contributed by atoms with Gasteiger partial charge in [-0.05, 0) is 36.4 Å². The number of amides is 1. The van der Waals surface area contributed by atoms with Crippen LogP contribution < -0.4 is 10.6 Å². The number of pyridine rings is 1. The number of carbonyl (C=O) groups is 1. The zero-order valence-corrected chi connectivity index (χ0v) is 15.1. The molecule has 1 amide bonds. The van der Waals surface area contributed by atoms with Crippen molar-refractivity contribution < 1.29 is 18.0 Å². The number of rotatable bonds is 4. The summed E-state index contributed by atoms with van der Waals surface area (Å²) in [6, 6.07) is 11.5. The molecule has 2 N–H and O–H groups in total. The summed E-state index contributed by atoms with van der Waals surface area (Å²) in [6.45, 7) is 0. The third-order valence-electron chi connectivity index (χ3n) is 4.25. The third-order valence-corrected chi connectivity index (χ3v) is 4.25. The first kappa shape index (κ1) is 18.5. The fraction of sp³-hybridized carbons (Fsp3) is 0.105. The summed E-state index contributed by atoms with van der Waals surface area (Å²) >= 11 is 0. The van der Waals surface area contributed by atoms with Gasteiger partial charge in [-0.3, -0.25) is 9.20 Å². The van der Waals surface area contributed by atoms with Crippen molar-refractivity contribution in [2.45, 2.75) is 6.18 Å². The van der Waals surface area contributed by atoms with Gasteiger partial charge < -0.3 is 15.2 Å². The van der Waals surface area contributed by atoms with Crippen LogP contribution in [-0.4, -0.2) is 24.8 Å². The maximum absolute atomic E-state index is 12.9. The molecule has 1 aromatic carbocycles. The molecule has 148 valence electrons. The van der Waals surface area contributed by atoms with E-state index in [0.29, 0.717) is 22.9 Å². The number of halogens is 3. The number of anilines is 3. The Morgan fingerprint density at radius 2 is 1.79 bits per heavy atom. The van der Waals surface area contributed by atoms with E-state index in [4.69, 9.17) is 0 Å². The molecule has 0 radical (unpaired) electrons. The largest absolute Gasteiger partial charge is 0.434 e. The normalized spacial score (nSPS) is 11.6. The number of aryl methyl sites for hydroxylation is 1. The molecule has 29 heavy (non-hydrogen) atoms. The molecular weight excluding hydrogens is 385 g/mol. The zero-order valence-electron chi connectivity index (χ0n) is 15.1. The second-order valence-electron chi connectivity index (χ2n) is 6.31. The summed E-state index contributed by atoms with van der Waals surface area (Å²) in [5.74, 6) is 0.130. The summed E-state index contributed by atoms with van der Waals surface area (Å²) < 4.78 is 41.7. The number of hydrogen-bond donors (Lipinski definition) is 2. The molecule has 0 spiro atoms. The lowest BCUT2D eigenvalue weighted by Gasteiger charge is -2.10. The Kier molecular flexibility index (Phi) is 4.45. The highest BCUT2D eigenvalue weighted by Crippen LogP contribution is 2.30. The smallest absolute Gasteiger partial charge is 0.341 e. The number of nitrogens with zero attached hydrogens (tertiary/aromatic N) is 4. The van der Waals surface area contributed by atoms with E-state index >= 15 is 0 Å². The van der Waals surface area contributed by atoms with E-state index in [-0.39, 0.29) is 11.6 Å². The van der Waals surface area contributed by atoms with Crippen LogP contribution in [0.4, 0.5) is 30.4 Å². The molecule has 10 heteroatoms. The lowest BCUT2D eigenvalue weighted by molar-refractivity contribution is -0.140. The van der Waals surface area contributed by atoms with E-state index in [1.165, 1.54) is 23.0 Å². The van der Waals surface area contributed by atoms with Crippen molar-refractivity contribution in [2.75, 3.05) is 10.6 Å². The van der Waals surface area contributed by atoms with Crippen molar-refractivity contribution in [2.24, 2.45) is 7.05 Å². The van der Waals surface area contributed by atoms with E-state index in [1.54, 1.807) is 48.0 Å². The molecule has 0 saturated heterocycles. The van der Waals surface area contributed by atoms with Gasteiger partial charge in [-0.1, -0.05) is 6.07 Å². The second kappa shape index (κ2) is 6.97. The Hall–Kier alpha value is -3.82. The van der Waals surface area contributed by atoms with Crippen molar-refractivity contribution in [3.63, 3.8) is 0 Å². The Morgan fingerprint density at radius 3 is 2.45 bits per heavy atom. The van der Waals surface area contributed by atoms with E-state index < -0.39 is 11.9 Å². The maximum Gasteiger partial charge on any atom is 0.434 e. The van der Waals surface area contributed by atoms with Crippen molar-refractivity contribution >= 4 is 28.7 Å². The summed E-state index contributed by atoms with van der Waals surface area (Å²) in [5.41, 5.74) is 0.849. The van der Waals surface area contributed by atoms with Gasteiger partial charge in [-0.25, -0.2) is 9.97 Å². The summed E-state index contributed by atoms with van der Waals surface area (Å²) in [7, 11) is 1.72. The Bertz CT molecular complexity index is 1180. The first-order valence-corrected chi connectivity index (χ1v) is 8.51. The molecule has 4 rings (SSSR count). The number of hydrogen-bond acceptors (Lipinski definition) is 4. The van der Waals surface area contributed by atoms with Crippen LogP contribution in [0.2, 0.25) is 0 Å². The van der Waals surface area contributed by atoms with Gasteiger partial charge in [0.05, 0.1) is 12.5 Å². The number of carbonyl (C=O) groups excluding carboxylic acids is 1. The summed E-state index contributed by atoms with van der Waals surface area (Å²) in [5, 5.41) is 5.82. The second-order valence-corrected chi connectivity index (χ2v) is 6.31. The molecule has 0 aliphatic carbocycles. The lowest BCUT2D eigenvalue weighted by Crippen LogP contribution is -2.15. The molecule has 3 aromatic heterocycles. The standard InChI is InChI=1S/C19H15F3N6O/c1-27-11-23-9-14(27)18(29)25-13-7-5-12(6-8-13)24-16-3-2-4-17-26-15(10-28(16)17)19(20,21)22/h2-11,24H,1H3,(H,25,29). The van der Waals surface area contributed by atoms with Gasteiger partial charge in [0.25, 0.3) is 5.91 Å². The first-order valence-electron chi connectivity index (χ1n) is 8.51. The van der Waals surface area contributed by atoms with E-state index in [1.807, 2.05) is 0 Å². The van der Waals surface area contributed by atoms with Gasteiger partial charge in [-0.15, -0.1) is 0 Å². The average molecular weight is 400 g/mol. The van der Waals surface area contributed by atoms with Gasteiger partial charge in [0, 0.05) is 24.6 Å². The average Bonchev–Trinajstić information content (AvgIpc) is 3.30. The predicted octanol–water partition coefficient (Wildman–Crippen LogP) is 4.08. The van der Waals surface area contributed by atoms with Gasteiger partial charge in [0.1, 0.15) is 17.2 Å². The van der Waals surface area contributed by atoms with E-state index in [9.17, 15) is 18.0 Å². The molecule has 0 fully saturated rings. The molecule has 0 saturated carbocycles. The van der Waals surface area contributed by atoms with Gasteiger partial charge in [-0.2, -0.15) is 13.2 Å². The van der Waals surface area contributed by atoms with Crippen molar-refractivity contribution in [1.82, 2.24) is 18.9 Å². The highest BCUT2D eigenvalue weighted by molar-refractivity contribution is 6.03. The minimum absolute atomic E-state index is 0.183. The molecule has 0 atom stereocenters. The van der Waals surface area contributed by atoms with Crippen LogP contribution in [0.1, 0.15) is 16.2 Å². The highest BCUT2D eigenvalue weighted by atomic mass is 19.4. The minimum Gasteiger partial charge on any atom is -0.341 e. The molecule has 4 aromatic rings. The van der Waals surface area contributed by atoms with Crippen LogP contribution in [0.3, 0.4) is 0 Å². The molecule has 3 heterocycles. The highest BCUT2D eigenvalue weighted by Gasteiger charge is 2.34. The Morgan fingerprint density at radius 1 is 1.07 bits per heavy atom. The number of benzene rings is 1. The van der Waals surface area contributed by atoms with Crippen LogP contribution >= 0.6 is 0 Å². The fourth-order valence-corrected chi connectivity index (χ4v) is 2.81. The molecular formula is C19H15F3N6O. The molecule has 0 aliphatic rings. The van der Waals surface area contributed by atoms with Crippen LogP contribution in [0, 0.1) is 0 Å². The number of nitrogens with one attached hydrogen (secondary N) is 2. The van der Waals surface area contributed by atoms with Gasteiger partial charge in [0.2, 0.25) is 0 Å². The third kappa shape index (κ3) is 3.77. The van der Waals surface area contributed by atoms with E-state index in [2.05, 4.69) is 20.6 Å². The van der Waals surface area contributed by atoms with Crippen molar-refractivity contribution in [1.29, 1.82) is 0 Å². The first-order chi connectivity index (χ1) is 13.8. The summed E-state index contributed by atoms with van der Waals surface area (Å²) in [6.07, 6.45) is -0.577. The number of fused-ring (bicyclic) bond motifs is 1. The number of alkyl halides is 3. The fourth-order valence-electron chi connectivity index (χ4n) is 2.81. The molecule has 0 aliphatic heterocycles. The number of aromatic nitrogens is 4. The van der Waals surface area contributed by atoms with Gasteiger partial charge >= 0.3 is 6.18 Å². The molecule has 7 nitrogen and oxygen atoms in total. The monoisotopic (exact) mass is 400 g/mol. The predicted molar refractivity (Wildman–Crippen MR) is 101 cm³/mol. The van der Waals surface area contributed by atoms with Crippen LogP contribution in [-0.2, 0) is 13.2 Å². The van der Waals surface area contributed by atoms with E-state index in [0.717, 1.165) is 6.20 Å². The maximum atomic E-state index is 12.9. The van der Waals surface area contributed by atoms with Crippen LogP contribution in [0.15, 0.2) is 61.2 Å². The van der Waals surface area contributed by atoms with Crippen molar-refractivity contribution in [3.8, 4) is 0 Å². The Balaban J connectivity index is 1.53. The number of imidazole rings is 2. The Labute approximate surface area is 162 Å². The quantitative estimate of drug-likeness (QED) is 0.541. The lowest BCUT2D eigenvalue weighted by atomic mass is 10.2. The SMILES string of the molecule is Cn1cncc1C(=O)Nc1ccc(Nc2cccc3nc(C(F)(F)F)cn23)cc1. The topological polar surface area (TPSA) is 76.2 Å².